The number of aromatic hydroxyl groups is 1. The molecule has 0 fully saturated rings. The Morgan fingerprint density at radius 1 is 0.950 bits per heavy atom. The van der Waals surface area contributed by atoms with Gasteiger partial charge in [-0.25, -0.2) is 0 Å². The lowest BCUT2D eigenvalue weighted by atomic mass is 10.0. The summed E-state index contributed by atoms with van der Waals surface area (Å²) in [6.45, 7) is 7.83. The Morgan fingerprint density at radius 2 is 1.65 bits per heavy atom. The van der Waals surface area contributed by atoms with E-state index in [1.165, 1.54) is 0 Å². The molecule has 0 aliphatic rings. The summed E-state index contributed by atoms with van der Waals surface area (Å²) in [7, 11) is 0. The third-order valence-electron chi connectivity index (χ3n) is 3.00. The van der Waals surface area contributed by atoms with Crippen LogP contribution in [0.3, 0.4) is 0 Å². The van der Waals surface area contributed by atoms with Gasteiger partial charge in [0.1, 0.15) is 18.1 Å². The molecule has 102 valence electrons. The highest BCUT2D eigenvalue weighted by Gasteiger charge is 2.04. The van der Waals surface area contributed by atoms with Gasteiger partial charge in [0, 0.05) is 0 Å². The van der Waals surface area contributed by atoms with Crippen LogP contribution in [0, 0.1) is 0 Å². The number of allylic oxidation sites excluding steroid dienone is 1. The summed E-state index contributed by atoms with van der Waals surface area (Å²) in [6, 6.07) is 13.5. The van der Waals surface area contributed by atoms with E-state index in [1.807, 2.05) is 36.4 Å². The van der Waals surface area contributed by atoms with E-state index in [4.69, 9.17) is 4.74 Å². The molecule has 0 spiro atoms. The Hall–Kier alpha value is -2.48. The molecule has 2 rings (SSSR count). The molecular formula is C18H18O2. The van der Waals surface area contributed by atoms with Crippen molar-refractivity contribution < 1.29 is 9.84 Å². The van der Waals surface area contributed by atoms with Crippen LogP contribution in [0.25, 0.3) is 11.1 Å². The molecule has 0 saturated carbocycles. The zero-order valence-corrected chi connectivity index (χ0v) is 11.4. The van der Waals surface area contributed by atoms with Gasteiger partial charge in [-0.1, -0.05) is 36.9 Å². The Kier molecular flexibility index (Phi) is 4.61. The molecule has 0 bridgehead atoms. The summed E-state index contributed by atoms with van der Waals surface area (Å²) in [5, 5.41) is 9.78. The third-order valence-corrected chi connectivity index (χ3v) is 3.00. The molecule has 20 heavy (non-hydrogen) atoms. The normalized spacial score (nSPS) is 10.0. The number of ether oxygens (including phenoxy) is 1. The first kappa shape index (κ1) is 13.9. The molecule has 0 unspecified atom stereocenters. The van der Waals surface area contributed by atoms with Crippen molar-refractivity contribution in [3.05, 3.63) is 73.3 Å². The molecule has 0 atom stereocenters. The molecule has 0 aromatic heterocycles. The number of phenolic OH excluding ortho intramolecular Hbond substituents is 1. The fraction of sp³-hybridized carbons (Fsp3) is 0.111. The molecule has 0 aliphatic heterocycles. The maximum atomic E-state index is 9.78. The minimum Gasteiger partial charge on any atom is -0.508 e. The maximum Gasteiger partial charge on any atom is 0.119 e. The van der Waals surface area contributed by atoms with Gasteiger partial charge in [0.2, 0.25) is 0 Å². The molecule has 0 radical (unpaired) electrons. The lowest BCUT2D eigenvalue weighted by Gasteiger charge is -2.08. The quantitative estimate of drug-likeness (QED) is 0.787. The number of hydrogen-bond acceptors (Lipinski definition) is 2. The zero-order chi connectivity index (χ0) is 14.4. The average molecular weight is 266 g/mol. The van der Waals surface area contributed by atoms with Crippen molar-refractivity contribution in [3.8, 4) is 22.6 Å². The van der Waals surface area contributed by atoms with Gasteiger partial charge in [0.15, 0.2) is 0 Å². The van der Waals surface area contributed by atoms with Crippen molar-refractivity contribution in [2.24, 2.45) is 0 Å². The number of rotatable bonds is 6. The van der Waals surface area contributed by atoms with Gasteiger partial charge in [-0.15, -0.1) is 6.58 Å². The third kappa shape index (κ3) is 3.29. The van der Waals surface area contributed by atoms with E-state index in [-0.39, 0.29) is 0 Å². The second-order valence-electron chi connectivity index (χ2n) is 4.46. The molecule has 0 saturated heterocycles. The van der Waals surface area contributed by atoms with Gasteiger partial charge in [-0.3, -0.25) is 0 Å². The van der Waals surface area contributed by atoms with E-state index in [2.05, 4.69) is 13.2 Å². The summed E-state index contributed by atoms with van der Waals surface area (Å²) in [4.78, 5) is 0. The van der Waals surface area contributed by atoms with E-state index >= 15 is 0 Å². The maximum absolute atomic E-state index is 9.78. The monoisotopic (exact) mass is 266 g/mol. The Bertz CT molecular complexity index is 597. The number of hydrogen-bond donors (Lipinski definition) is 1. The van der Waals surface area contributed by atoms with E-state index < -0.39 is 0 Å². The highest BCUT2D eigenvalue weighted by atomic mass is 16.5. The Labute approximate surface area is 119 Å². The second-order valence-corrected chi connectivity index (χ2v) is 4.46. The van der Waals surface area contributed by atoms with Crippen LogP contribution in [0.15, 0.2) is 67.8 Å². The van der Waals surface area contributed by atoms with Crippen LogP contribution < -0.4 is 4.74 Å². The van der Waals surface area contributed by atoms with Crippen LogP contribution in [-0.4, -0.2) is 11.7 Å². The number of phenols is 1. The Balaban J connectivity index is 2.24. The van der Waals surface area contributed by atoms with Crippen LogP contribution in [0.2, 0.25) is 0 Å². The van der Waals surface area contributed by atoms with Crippen LogP contribution in [0.5, 0.6) is 11.5 Å². The van der Waals surface area contributed by atoms with Crippen LogP contribution in [0.1, 0.15) is 5.56 Å². The average Bonchev–Trinajstić information content (AvgIpc) is 2.48. The van der Waals surface area contributed by atoms with Gasteiger partial charge < -0.3 is 9.84 Å². The molecule has 2 nitrogen and oxygen atoms in total. The van der Waals surface area contributed by atoms with Crippen molar-refractivity contribution in [1.82, 2.24) is 0 Å². The summed E-state index contributed by atoms with van der Waals surface area (Å²) in [5.74, 6) is 1.12. The van der Waals surface area contributed by atoms with Crippen molar-refractivity contribution in [1.29, 1.82) is 0 Å². The minimum atomic E-state index is 0.305. The highest BCUT2D eigenvalue weighted by molar-refractivity contribution is 5.66. The summed E-state index contributed by atoms with van der Waals surface area (Å²) < 4.78 is 5.46. The molecule has 0 heterocycles. The fourth-order valence-electron chi connectivity index (χ4n) is 1.98. The summed E-state index contributed by atoms with van der Waals surface area (Å²) in [6.07, 6.45) is 4.15. The lowest BCUT2D eigenvalue weighted by Crippen LogP contribution is -1.92. The number of benzene rings is 2. The SMILES string of the molecule is C=CCOc1ccc(-c2ccc(O)c(CC=C)c2)cc1. The van der Waals surface area contributed by atoms with Gasteiger partial charge >= 0.3 is 0 Å². The van der Waals surface area contributed by atoms with Gasteiger partial charge in [0.25, 0.3) is 0 Å². The minimum absolute atomic E-state index is 0.305. The van der Waals surface area contributed by atoms with Crippen LogP contribution in [0.4, 0.5) is 0 Å². The molecule has 2 aromatic rings. The van der Waals surface area contributed by atoms with Crippen molar-refractivity contribution in [2.75, 3.05) is 6.61 Å². The van der Waals surface area contributed by atoms with Crippen LogP contribution in [-0.2, 0) is 6.42 Å². The molecule has 0 aliphatic carbocycles. The molecular weight excluding hydrogens is 248 g/mol. The van der Waals surface area contributed by atoms with Crippen molar-refractivity contribution >= 4 is 0 Å². The topological polar surface area (TPSA) is 29.5 Å². The molecule has 0 amide bonds. The smallest absolute Gasteiger partial charge is 0.119 e. The zero-order valence-electron chi connectivity index (χ0n) is 11.4. The predicted molar refractivity (Wildman–Crippen MR) is 83.1 cm³/mol. The van der Waals surface area contributed by atoms with E-state index in [0.29, 0.717) is 18.8 Å². The van der Waals surface area contributed by atoms with Gasteiger partial charge in [-0.2, -0.15) is 0 Å². The van der Waals surface area contributed by atoms with E-state index in [0.717, 1.165) is 22.4 Å². The summed E-state index contributed by atoms with van der Waals surface area (Å²) >= 11 is 0. The summed E-state index contributed by atoms with van der Waals surface area (Å²) in [5.41, 5.74) is 3.03. The Morgan fingerprint density at radius 3 is 2.30 bits per heavy atom. The second kappa shape index (κ2) is 6.62. The van der Waals surface area contributed by atoms with Gasteiger partial charge in [0.05, 0.1) is 0 Å². The van der Waals surface area contributed by atoms with Crippen LogP contribution >= 0.6 is 0 Å². The van der Waals surface area contributed by atoms with E-state index in [9.17, 15) is 5.11 Å². The first-order chi connectivity index (χ1) is 9.74. The largest absolute Gasteiger partial charge is 0.508 e. The lowest BCUT2D eigenvalue weighted by molar-refractivity contribution is 0.363. The molecule has 1 N–H and O–H groups in total. The fourth-order valence-corrected chi connectivity index (χ4v) is 1.98. The van der Waals surface area contributed by atoms with E-state index in [1.54, 1.807) is 18.2 Å². The molecule has 2 aromatic carbocycles. The first-order valence-corrected chi connectivity index (χ1v) is 6.51. The van der Waals surface area contributed by atoms with Gasteiger partial charge in [-0.05, 0) is 47.4 Å². The van der Waals surface area contributed by atoms with Crippen molar-refractivity contribution in [3.63, 3.8) is 0 Å². The molecule has 2 heteroatoms. The highest BCUT2D eigenvalue weighted by Crippen LogP contribution is 2.27. The predicted octanol–water partition coefficient (Wildman–Crippen LogP) is 4.35. The van der Waals surface area contributed by atoms with Crippen molar-refractivity contribution in [2.45, 2.75) is 6.42 Å². The standard InChI is InChI=1S/C18H18O2/c1-3-5-16-13-15(8-11-18(16)19)14-6-9-17(10-7-14)20-12-4-2/h3-4,6-11,13,19H,1-2,5,12H2. The first-order valence-electron chi connectivity index (χ1n) is 6.51.